The van der Waals surface area contributed by atoms with Crippen LogP contribution in [0, 0.1) is 0 Å². The van der Waals surface area contributed by atoms with E-state index in [-0.39, 0.29) is 12.5 Å². The molecule has 17 heavy (non-hydrogen) atoms. The largest absolute Gasteiger partial charge is 0.394 e. The molecular formula is C12H24N2O3. The Morgan fingerprint density at radius 2 is 1.94 bits per heavy atom. The van der Waals surface area contributed by atoms with Crippen molar-refractivity contribution in [3.63, 3.8) is 0 Å². The Bertz CT molecular complexity index is 206. The first-order chi connectivity index (χ1) is 8.34. The standard InChI is InChI=1S/C12H24N2O3/c15-9-11-17-10-6-13-5-4-12(16)14-7-2-1-3-8-14/h13,15H,1-11H2. The highest BCUT2D eigenvalue weighted by molar-refractivity contribution is 5.76. The van der Waals surface area contributed by atoms with Gasteiger partial charge in [-0.15, -0.1) is 0 Å². The van der Waals surface area contributed by atoms with Gasteiger partial charge in [-0.1, -0.05) is 0 Å². The molecule has 0 aromatic carbocycles. The molecule has 0 saturated carbocycles. The van der Waals surface area contributed by atoms with E-state index >= 15 is 0 Å². The van der Waals surface area contributed by atoms with Gasteiger partial charge in [0.05, 0.1) is 19.8 Å². The molecule has 1 aliphatic rings. The lowest BCUT2D eigenvalue weighted by atomic mass is 10.1. The summed E-state index contributed by atoms with van der Waals surface area (Å²) in [5.41, 5.74) is 0. The van der Waals surface area contributed by atoms with Crippen molar-refractivity contribution < 1.29 is 14.6 Å². The van der Waals surface area contributed by atoms with Crippen molar-refractivity contribution in [3.8, 4) is 0 Å². The zero-order chi connectivity index (χ0) is 12.3. The lowest BCUT2D eigenvalue weighted by molar-refractivity contribution is -0.131. The third kappa shape index (κ3) is 6.61. The van der Waals surface area contributed by atoms with Gasteiger partial charge in [-0.3, -0.25) is 4.79 Å². The Kier molecular flexibility index (Phi) is 7.96. The lowest BCUT2D eigenvalue weighted by Crippen LogP contribution is -2.37. The molecule has 0 aliphatic carbocycles. The smallest absolute Gasteiger partial charge is 0.223 e. The molecule has 1 heterocycles. The summed E-state index contributed by atoms with van der Waals surface area (Å²) in [6, 6.07) is 0. The number of aliphatic hydroxyl groups is 1. The fourth-order valence-electron chi connectivity index (χ4n) is 1.93. The Morgan fingerprint density at radius 1 is 1.18 bits per heavy atom. The fraction of sp³-hybridized carbons (Fsp3) is 0.917. The maximum atomic E-state index is 11.8. The van der Waals surface area contributed by atoms with E-state index in [9.17, 15) is 4.79 Å². The summed E-state index contributed by atoms with van der Waals surface area (Å²) < 4.78 is 5.10. The van der Waals surface area contributed by atoms with Crippen LogP contribution in [0.5, 0.6) is 0 Å². The second-order valence-electron chi connectivity index (χ2n) is 4.28. The maximum absolute atomic E-state index is 11.8. The molecule has 1 fully saturated rings. The van der Waals surface area contributed by atoms with Crippen molar-refractivity contribution in [1.29, 1.82) is 0 Å². The fourth-order valence-corrected chi connectivity index (χ4v) is 1.93. The Balaban J connectivity index is 1.92. The summed E-state index contributed by atoms with van der Waals surface area (Å²) in [5.74, 6) is 0.258. The highest BCUT2D eigenvalue weighted by Gasteiger charge is 2.15. The zero-order valence-corrected chi connectivity index (χ0v) is 10.5. The monoisotopic (exact) mass is 244 g/mol. The van der Waals surface area contributed by atoms with E-state index in [0.29, 0.717) is 26.2 Å². The minimum absolute atomic E-state index is 0.0629. The number of likely N-dealkylation sites (tertiary alicyclic amines) is 1. The number of rotatable bonds is 8. The molecule has 1 amide bonds. The summed E-state index contributed by atoms with van der Waals surface area (Å²) in [6.07, 6.45) is 4.12. The minimum Gasteiger partial charge on any atom is -0.394 e. The van der Waals surface area contributed by atoms with Gasteiger partial charge in [-0.25, -0.2) is 0 Å². The van der Waals surface area contributed by atoms with Gasteiger partial charge in [0.2, 0.25) is 5.91 Å². The van der Waals surface area contributed by atoms with E-state index < -0.39 is 0 Å². The lowest BCUT2D eigenvalue weighted by Gasteiger charge is -2.26. The van der Waals surface area contributed by atoms with Crippen LogP contribution >= 0.6 is 0 Å². The van der Waals surface area contributed by atoms with Crippen molar-refractivity contribution in [2.24, 2.45) is 0 Å². The third-order valence-electron chi connectivity index (χ3n) is 2.88. The number of carbonyl (C=O) groups is 1. The SMILES string of the molecule is O=C(CCNCCOCCO)N1CCCCC1. The number of aliphatic hydroxyl groups excluding tert-OH is 1. The molecule has 0 atom stereocenters. The first kappa shape index (κ1) is 14.4. The quantitative estimate of drug-likeness (QED) is 0.589. The van der Waals surface area contributed by atoms with Gasteiger partial charge in [-0.05, 0) is 19.3 Å². The number of amides is 1. The van der Waals surface area contributed by atoms with E-state index in [1.807, 2.05) is 4.90 Å². The molecule has 100 valence electrons. The molecule has 1 saturated heterocycles. The van der Waals surface area contributed by atoms with Crippen LogP contribution in [-0.4, -0.2) is 61.9 Å². The van der Waals surface area contributed by atoms with Crippen molar-refractivity contribution in [2.45, 2.75) is 25.7 Å². The van der Waals surface area contributed by atoms with Crippen LogP contribution < -0.4 is 5.32 Å². The van der Waals surface area contributed by atoms with Crippen molar-refractivity contribution in [3.05, 3.63) is 0 Å². The average molecular weight is 244 g/mol. The predicted octanol–water partition coefficient (Wildman–Crippen LogP) is -0.0125. The Hall–Kier alpha value is -0.650. The molecule has 5 nitrogen and oxygen atoms in total. The molecule has 0 aromatic heterocycles. The van der Waals surface area contributed by atoms with Gasteiger partial charge in [0, 0.05) is 32.6 Å². The minimum atomic E-state index is 0.0629. The predicted molar refractivity (Wildman–Crippen MR) is 65.8 cm³/mol. The summed E-state index contributed by atoms with van der Waals surface area (Å²) in [7, 11) is 0. The zero-order valence-electron chi connectivity index (χ0n) is 10.5. The normalized spacial score (nSPS) is 16.2. The van der Waals surface area contributed by atoms with Crippen LogP contribution in [0.15, 0.2) is 0 Å². The van der Waals surface area contributed by atoms with Gasteiger partial charge in [0.25, 0.3) is 0 Å². The number of ether oxygens (including phenoxy) is 1. The van der Waals surface area contributed by atoms with Crippen LogP contribution in [0.1, 0.15) is 25.7 Å². The first-order valence-electron chi connectivity index (χ1n) is 6.51. The van der Waals surface area contributed by atoms with Gasteiger partial charge < -0.3 is 20.1 Å². The van der Waals surface area contributed by atoms with Crippen molar-refractivity contribution in [2.75, 3.05) is 46.0 Å². The highest BCUT2D eigenvalue weighted by Crippen LogP contribution is 2.09. The first-order valence-corrected chi connectivity index (χ1v) is 6.51. The molecule has 5 heteroatoms. The second kappa shape index (κ2) is 9.39. The Morgan fingerprint density at radius 3 is 2.65 bits per heavy atom. The highest BCUT2D eigenvalue weighted by atomic mass is 16.5. The van der Waals surface area contributed by atoms with Crippen LogP contribution in [0.2, 0.25) is 0 Å². The number of carbonyl (C=O) groups excluding carboxylic acids is 1. The molecule has 0 radical (unpaired) electrons. The Labute approximate surface area is 103 Å². The van der Waals surface area contributed by atoms with E-state index in [1.165, 1.54) is 6.42 Å². The molecule has 0 spiro atoms. The summed E-state index contributed by atoms with van der Waals surface area (Å²) in [6.45, 7) is 4.32. The number of nitrogens with one attached hydrogen (secondary N) is 1. The van der Waals surface area contributed by atoms with E-state index in [2.05, 4.69) is 5.32 Å². The molecule has 1 aliphatic heterocycles. The molecule has 1 rings (SSSR count). The van der Waals surface area contributed by atoms with E-state index in [4.69, 9.17) is 9.84 Å². The molecule has 2 N–H and O–H groups in total. The summed E-state index contributed by atoms with van der Waals surface area (Å²) in [5, 5.41) is 11.7. The number of hydrogen-bond donors (Lipinski definition) is 2. The van der Waals surface area contributed by atoms with Gasteiger partial charge in [0.1, 0.15) is 0 Å². The summed E-state index contributed by atoms with van der Waals surface area (Å²) in [4.78, 5) is 13.7. The van der Waals surface area contributed by atoms with Crippen molar-refractivity contribution in [1.82, 2.24) is 10.2 Å². The number of piperidine rings is 1. The number of nitrogens with zero attached hydrogens (tertiary/aromatic N) is 1. The molecule has 0 bridgehead atoms. The molecule has 0 unspecified atom stereocenters. The average Bonchev–Trinajstić information content (AvgIpc) is 2.38. The molecular weight excluding hydrogens is 220 g/mol. The van der Waals surface area contributed by atoms with Crippen LogP contribution in [-0.2, 0) is 9.53 Å². The van der Waals surface area contributed by atoms with Gasteiger partial charge in [0.15, 0.2) is 0 Å². The van der Waals surface area contributed by atoms with Crippen LogP contribution in [0.3, 0.4) is 0 Å². The van der Waals surface area contributed by atoms with Crippen LogP contribution in [0.4, 0.5) is 0 Å². The topological polar surface area (TPSA) is 61.8 Å². The summed E-state index contributed by atoms with van der Waals surface area (Å²) >= 11 is 0. The van der Waals surface area contributed by atoms with Crippen LogP contribution in [0.25, 0.3) is 0 Å². The van der Waals surface area contributed by atoms with E-state index in [1.54, 1.807) is 0 Å². The van der Waals surface area contributed by atoms with Gasteiger partial charge >= 0.3 is 0 Å². The third-order valence-corrected chi connectivity index (χ3v) is 2.88. The van der Waals surface area contributed by atoms with Gasteiger partial charge in [-0.2, -0.15) is 0 Å². The maximum Gasteiger partial charge on any atom is 0.223 e. The number of hydrogen-bond acceptors (Lipinski definition) is 4. The molecule has 0 aromatic rings. The van der Waals surface area contributed by atoms with Crippen molar-refractivity contribution >= 4 is 5.91 Å². The van der Waals surface area contributed by atoms with E-state index in [0.717, 1.165) is 32.5 Å². The second-order valence-corrected chi connectivity index (χ2v) is 4.28.